The number of hydrogen-bond acceptors (Lipinski definition) is 3. The summed E-state index contributed by atoms with van der Waals surface area (Å²) in [6.45, 7) is 0. The van der Waals surface area contributed by atoms with E-state index in [4.69, 9.17) is 0 Å². The zero-order valence-corrected chi connectivity index (χ0v) is 12.4. The van der Waals surface area contributed by atoms with E-state index in [2.05, 4.69) is 5.10 Å². The zero-order valence-electron chi connectivity index (χ0n) is 11.6. The molecule has 0 spiro atoms. The maximum atomic E-state index is 11.3. The first-order valence-corrected chi connectivity index (χ1v) is 7.79. The van der Waals surface area contributed by atoms with E-state index in [0.29, 0.717) is 11.3 Å². The highest BCUT2D eigenvalue weighted by molar-refractivity contribution is 7.98. The monoisotopic (exact) mass is 294 g/mol. The Hall–Kier alpha value is -2.33. The average Bonchev–Trinajstić information content (AvgIpc) is 3.00. The van der Waals surface area contributed by atoms with Gasteiger partial charge < -0.3 is 0 Å². The molecular formula is C17H14N2OS. The van der Waals surface area contributed by atoms with E-state index >= 15 is 0 Å². The van der Waals surface area contributed by atoms with Gasteiger partial charge in [0.2, 0.25) is 0 Å². The summed E-state index contributed by atoms with van der Waals surface area (Å²) in [5.41, 5.74) is 3.19. The van der Waals surface area contributed by atoms with E-state index in [0.717, 1.165) is 17.5 Å². The van der Waals surface area contributed by atoms with Gasteiger partial charge in [0.15, 0.2) is 6.29 Å². The first-order valence-electron chi connectivity index (χ1n) is 6.56. The van der Waals surface area contributed by atoms with Crippen LogP contribution in [-0.2, 0) is 0 Å². The van der Waals surface area contributed by atoms with E-state index in [9.17, 15) is 4.79 Å². The van der Waals surface area contributed by atoms with Gasteiger partial charge in [-0.3, -0.25) is 4.79 Å². The van der Waals surface area contributed by atoms with Crippen LogP contribution in [0.2, 0.25) is 0 Å². The van der Waals surface area contributed by atoms with Gasteiger partial charge in [-0.25, -0.2) is 4.68 Å². The molecule has 104 valence electrons. The van der Waals surface area contributed by atoms with Gasteiger partial charge in [-0.1, -0.05) is 30.3 Å². The van der Waals surface area contributed by atoms with Gasteiger partial charge in [-0.15, -0.1) is 11.8 Å². The SMILES string of the molecule is CSc1ccc(-c2nn(-c3ccccc3)cc2C=O)cc1. The number of benzene rings is 2. The van der Waals surface area contributed by atoms with Crippen LogP contribution >= 0.6 is 11.8 Å². The molecule has 0 aliphatic heterocycles. The quantitative estimate of drug-likeness (QED) is 0.537. The molecule has 0 N–H and O–H groups in total. The van der Waals surface area contributed by atoms with Crippen molar-refractivity contribution >= 4 is 18.0 Å². The van der Waals surface area contributed by atoms with Gasteiger partial charge in [0.1, 0.15) is 5.69 Å². The minimum absolute atomic E-state index is 0.593. The first-order chi connectivity index (χ1) is 10.3. The minimum Gasteiger partial charge on any atom is -0.298 e. The molecule has 3 nitrogen and oxygen atoms in total. The number of rotatable bonds is 4. The molecule has 0 radical (unpaired) electrons. The molecule has 0 saturated carbocycles. The molecule has 0 atom stereocenters. The molecule has 1 heterocycles. The number of carbonyl (C=O) groups excluding carboxylic acids is 1. The molecule has 0 saturated heterocycles. The number of thioether (sulfide) groups is 1. The number of nitrogens with zero attached hydrogens (tertiary/aromatic N) is 2. The minimum atomic E-state index is 0.593. The molecule has 0 amide bonds. The van der Waals surface area contributed by atoms with Crippen molar-refractivity contribution in [1.82, 2.24) is 9.78 Å². The van der Waals surface area contributed by atoms with Crippen LogP contribution in [0.5, 0.6) is 0 Å². The Balaban J connectivity index is 2.05. The Morgan fingerprint density at radius 1 is 1.05 bits per heavy atom. The molecule has 21 heavy (non-hydrogen) atoms. The summed E-state index contributed by atoms with van der Waals surface area (Å²) in [5, 5.41) is 4.56. The second kappa shape index (κ2) is 5.97. The van der Waals surface area contributed by atoms with E-state index < -0.39 is 0 Å². The van der Waals surface area contributed by atoms with Crippen molar-refractivity contribution < 1.29 is 4.79 Å². The van der Waals surface area contributed by atoms with Gasteiger partial charge in [0.05, 0.1) is 11.3 Å². The topological polar surface area (TPSA) is 34.9 Å². The maximum absolute atomic E-state index is 11.3. The van der Waals surface area contributed by atoms with Crippen molar-refractivity contribution in [1.29, 1.82) is 0 Å². The molecule has 2 aromatic carbocycles. The summed E-state index contributed by atoms with van der Waals surface area (Å²) in [6, 6.07) is 17.8. The smallest absolute Gasteiger partial charge is 0.153 e. The lowest BCUT2D eigenvalue weighted by Crippen LogP contribution is -1.93. The lowest BCUT2D eigenvalue weighted by atomic mass is 10.1. The van der Waals surface area contributed by atoms with Crippen molar-refractivity contribution in [3.05, 3.63) is 66.4 Å². The lowest BCUT2D eigenvalue weighted by molar-refractivity contribution is 0.112. The molecule has 4 heteroatoms. The zero-order chi connectivity index (χ0) is 14.7. The van der Waals surface area contributed by atoms with E-state index in [1.54, 1.807) is 22.6 Å². The fourth-order valence-electron chi connectivity index (χ4n) is 2.16. The fraction of sp³-hybridized carbons (Fsp3) is 0.0588. The molecule has 0 bridgehead atoms. The molecule has 0 aliphatic carbocycles. The highest BCUT2D eigenvalue weighted by Crippen LogP contribution is 2.25. The third-order valence-electron chi connectivity index (χ3n) is 3.25. The van der Waals surface area contributed by atoms with Crippen LogP contribution in [0.25, 0.3) is 16.9 Å². The van der Waals surface area contributed by atoms with Crippen LogP contribution in [0.4, 0.5) is 0 Å². The van der Waals surface area contributed by atoms with Crippen LogP contribution in [0, 0.1) is 0 Å². The molecule has 0 unspecified atom stereocenters. The summed E-state index contributed by atoms with van der Waals surface area (Å²) in [4.78, 5) is 12.5. The third kappa shape index (κ3) is 2.76. The van der Waals surface area contributed by atoms with Gasteiger partial charge in [-0.2, -0.15) is 5.10 Å². The predicted molar refractivity (Wildman–Crippen MR) is 86.2 cm³/mol. The number of para-hydroxylation sites is 1. The summed E-state index contributed by atoms with van der Waals surface area (Å²) in [6.07, 6.45) is 4.65. The van der Waals surface area contributed by atoms with E-state index in [1.807, 2.05) is 60.9 Å². The van der Waals surface area contributed by atoms with Crippen LogP contribution in [0.1, 0.15) is 10.4 Å². The molecule has 0 aliphatic rings. The van der Waals surface area contributed by atoms with Crippen LogP contribution in [0.15, 0.2) is 65.7 Å². The number of aldehydes is 1. The van der Waals surface area contributed by atoms with Crippen LogP contribution in [-0.4, -0.2) is 22.3 Å². The molecular weight excluding hydrogens is 280 g/mol. The standard InChI is InChI=1S/C17H14N2OS/c1-21-16-9-7-13(8-10-16)17-14(12-20)11-19(18-17)15-5-3-2-4-6-15/h2-12H,1H3. The Bertz CT molecular complexity index is 748. The Kier molecular flexibility index (Phi) is 3.88. The average molecular weight is 294 g/mol. The van der Waals surface area contributed by atoms with Gasteiger partial charge in [-0.05, 0) is 30.5 Å². The Labute approximate surface area is 127 Å². The van der Waals surface area contributed by atoms with E-state index in [-0.39, 0.29) is 0 Å². The number of aromatic nitrogens is 2. The summed E-state index contributed by atoms with van der Waals surface area (Å²) < 4.78 is 1.74. The van der Waals surface area contributed by atoms with Crippen molar-refractivity contribution in [3.63, 3.8) is 0 Å². The molecule has 1 aromatic heterocycles. The molecule has 3 aromatic rings. The van der Waals surface area contributed by atoms with Gasteiger partial charge in [0, 0.05) is 16.7 Å². The van der Waals surface area contributed by atoms with Crippen LogP contribution < -0.4 is 0 Å². The fourth-order valence-corrected chi connectivity index (χ4v) is 2.57. The normalized spacial score (nSPS) is 10.5. The molecule has 0 fully saturated rings. The van der Waals surface area contributed by atoms with Crippen molar-refractivity contribution in [2.75, 3.05) is 6.26 Å². The summed E-state index contributed by atoms with van der Waals surface area (Å²) >= 11 is 1.69. The second-order valence-electron chi connectivity index (χ2n) is 4.56. The van der Waals surface area contributed by atoms with Gasteiger partial charge in [0.25, 0.3) is 0 Å². The predicted octanol–water partition coefficient (Wildman–Crippen LogP) is 4.07. The third-order valence-corrected chi connectivity index (χ3v) is 4.00. The van der Waals surface area contributed by atoms with Crippen LogP contribution in [0.3, 0.4) is 0 Å². The van der Waals surface area contributed by atoms with Crippen molar-refractivity contribution in [2.45, 2.75) is 4.90 Å². The lowest BCUT2D eigenvalue weighted by Gasteiger charge is -2.01. The number of hydrogen-bond donors (Lipinski definition) is 0. The largest absolute Gasteiger partial charge is 0.298 e. The second-order valence-corrected chi connectivity index (χ2v) is 5.44. The first kappa shape index (κ1) is 13.6. The maximum Gasteiger partial charge on any atom is 0.153 e. The highest BCUT2D eigenvalue weighted by atomic mass is 32.2. The summed E-state index contributed by atoms with van der Waals surface area (Å²) in [5.74, 6) is 0. The Morgan fingerprint density at radius 2 is 1.76 bits per heavy atom. The van der Waals surface area contributed by atoms with Crippen molar-refractivity contribution in [2.24, 2.45) is 0 Å². The molecule has 3 rings (SSSR count). The van der Waals surface area contributed by atoms with Gasteiger partial charge >= 0.3 is 0 Å². The summed E-state index contributed by atoms with van der Waals surface area (Å²) in [7, 11) is 0. The van der Waals surface area contributed by atoms with Crippen molar-refractivity contribution in [3.8, 4) is 16.9 Å². The van der Waals surface area contributed by atoms with E-state index in [1.165, 1.54) is 4.90 Å². The Morgan fingerprint density at radius 3 is 2.38 bits per heavy atom. The number of carbonyl (C=O) groups is 1. The highest BCUT2D eigenvalue weighted by Gasteiger charge is 2.11.